The summed E-state index contributed by atoms with van der Waals surface area (Å²) in [6.07, 6.45) is 6.35. The Bertz CT molecular complexity index is 545. The number of halogens is 1. The highest BCUT2D eigenvalue weighted by molar-refractivity contribution is 5.62. The fourth-order valence-corrected chi connectivity index (χ4v) is 2.57. The zero-order valence-corrected chi connectivity index (χ0v) is 10.8. The Kier molecular flexibility index (Phi) is 3.56. The smallest absolute Gasteiger partial charge is 0.123 e. The summed E-state index contributed by atoms with van der Waals surface area (Å²) in [6.45, 7) is 3.32. The predicted octanol–water partition coefficient (Wildman–Crippen LogP) is 3.48. The summed E-state index contributed by atoms with van der Waals surface area (Å²) in [5, 5.41) is 0. The molecule has 1 aromatic heterocycles. The van der Waals surface area contributed by atoms with Crippen molar-refractivity contribution in [1.29, 1.82) is 0 Å². The van der Waals surface area contributed by atoms with Crippen LogP contribution in [-0.4, -0.2) is 23.0 Å². The zero-order chi connectivity index (χ0) is 13.1. The molecular formula is C16H17FN2. The molecule has 1 aliphatic rings. The highest BCUT2D eigenvalue weighted by Gasteiger charge is 2.12. The summed E-state index contributed by atoms with van der Waals surface area (Å²) in [5.74, 6) is -0.204. The summed E-state index contributed by atoms with van der Waals surface area (Å²) >= 11 is 0. The Labute approximate surface area is 112 Å². The largest absolute Gasteiger partial charge is 0.299 e. The molecule has 1 aromatic carbocycles. The Morgan fingerprint density at radius 1 is 1.00 bits per heavy atom. The van der Waals surface area contributed by atoms with E-state index in [2.05, 4.69) is 16.0 Å². The Morgan fingerprint density at radius 2 is 1.74 bits per heavy atom. The second kappa shape index (κ2) is 5.49. The van der Waals surface area contributed by atoms with Gasteiger partial charge in [-0.15, -0.1) is 0 Å². The van der Waals surface area contributed by atoms with Crippen molar-refractivity contribution in [3.05, 3.63) is 54.1 Å². The first-order valence-electron chi connectivity index (χ1n) is 6.73. The third kappa shape index (κ3) is 2.99. The van der Waals surface area contributed by atoms with Gasteiger partial charge in [0, 0.05) is 24.5 Å². The van der Waals surface area contributed by atoms with Gasteiger partial charge in [-0.2, -0.15) is 0 Å². The number of pyridine rings is 1. The van der Waals surface area contributed by atoms with Crippen LogP contribution in [0.4, 0.5) is 4.39 Å². The maximum atomic E-state index is 12.9. The van der Waals surface area contributed by atoms with Crippen LogP contribution in [0.15, 0.2) is 42.7 Å². The Hall–Kier alpha value is -1.74. The van der Waals surface area contributed by atoms with E-state index in [1.165, 1.54) is 43.6 Å². The highest BCUT2D eigenvalue weighted by Crippen LogP contribution is 2.21. The van der Waals surface area contributed by atoms with E-state index in [4.69, 9.17) is 0 Å². The number of nitrogens with zero attached hydrogens (tertiary/aromatic N) is 2. The van der Waals surface area contributed by atoms with E-state index in [1.807, 2.05) is 12.4 Å². The van der Waals surface area contributed by atoms with E-state index in [0.717, 1.165) is 17.7 Å². The molecule has 2 nitrogen and oxygen atoms in total. The van der Waals surface area contributed by atoms with E-state index in [-0.39, 0.29) is 5.82 Å². The average Bonchev–Trinajstić information content (AvgIpc) is 2.93. The van der Waals surface area contributed by atoms with Gasteiger partial charge in [-0.3, -0.25) is 9.88 Å². The lowest BCUT2D eigenvalue weighted by Gasteiger charge is -2.14. The van der Waals surface area contributed by atoms with Crippen LogP contribution in [0.1, 0.15) is 18.4 Å². The van der Waals surface area contributed by atoms with Gasteiger partial charge < -0.3 is 0 Å². The molecule has 1 saturated heterocycles. The quantitative estimate of drug-likeness (QED) is 0.835. The minimum absolute atomic E-state index is 0.204. The average molecular weight is 256 g/mol. The lowest BCUT2D eigenvalue weighted by molar-refractivity contribution is 0.331. The van der Waals surface area contributed by atoms with Crippen LogP contribution >= 0.6 is 0 Å². The predicted molar refractivity (Wildman–Crippen MR) is 74.1 cm³/mol. The molecule has 2 aromatic rings. The van der Waals surface area contributed by atoms with Gasteiger partial charge in [0.05, 0.1) is 0 Å². The van der Waals surface area contributed by atoms with Crippen molar-refractivity contribution >= 4 is 0 Å². The van der Waals surface area contributed by atoms with Crippen molar-refractivity contribution < 1.29 is 4.39 Å². The summed E-state index contributed by atoms with van der Waals surface area (Å²) < 4.78 is 12.9. The van der Waals surface area contributed by atoms with Crippen LogP contribution in [0.3, 0.4) is 0 Å². The van der Waals surface area contributed by atoms with Crippen molar-refractivity contribution in [1.82, 2.24) is 9.88 Å². The van der Waals surface area contributed by atoms with Crippen LogP contribution in [0.25, 0.3) is 11.1 Å². The van der Waals surface area contributed by atoms with Gasteiger partial charge in [0.1, 0.15) is 5.82 Å². The standard InChI is InChI=1S/C16H17FN2/c17-16-5-3-14(4-6-16)15-9-13(10-18-11-15)12-19-7-1-2-8-19/h3-6,9-11H,1-2,7-8,12H2. The summed E-state index contributed by atoms with van der Waals surface area (Å²) in [7, 11) is 0. The molecule has 1 aliphatic heterocycles. The molecule has 0 spiro atoms. The molecule has 98 valence electrons. The molecule has 3 rings (SSSR count). The molecule has 0 radical (unpaired) electrons. The SMILES string of the molecule is Fc1ccc(-c2cncc(CN3CCCC3)c2)cc1. The van der Waals surface area contributed by atoms with E-state index in [1.54, 1.807) is 12.1 Å². The summed E-state index contributed by atoms with van der Waals surface area (Å²) in [4.78, 5) is 6.75. The normalized spacial score (nSPS) is 15.8. The van der Waals surface area contributed by atoms with Crippen molar-refractivity contribution in [3.8, 4) is 11.1 Å². The number of aromatic nitrogens is 1. The maximum absolute atomic E-state index is 12.9. The fraction of sp³-hybridized carbons (Fsp3) is 0.312. The highest BCUT2D eigenvalue weighted by atomic mass is 19.1. The minimum atomic E-state index is -0.204. The van der Waals surface area contributed by atoms with Gasteiger partial charge >= 0.3 is 0 Å². The molecular weight excluding hydrogens is 239 g/mol. The molecule has 0 unspecified atom stereocenters. The van der Waals surface area contributed by atoms with E-state index < -0.39 is 0 Å². The van der Waals surface area contributed by atoms with Crippen molar-refractivity contribution in [2.45, 2.75) is 19.4 Å². The van der Waals surface area contributed by atoms with Crippen LogP contribution in [0.2, 0.25) is 0 Å². The molecule has 0 saturated carbocycles. The lowest BCUT2D eigenvalue weighted by Crippen LogP contribution is -2.18. The number of hydrogen-bond donors (Lipinski definition) is 0. The molecule has 0 amide bonds. The van der Waals surface area contributed by atoms with Gasteiger partial charge in [0.15, 0.2) is 0 Å². The molecule has 2 heterocycles. The van der Waals surface area contributed by atoms with E-state index in [9.17, 15) is 4.39 Å². The van der Waals surface area contributed by atoms with Gasteiger partial charge in [-0.1, -0.05) is 12.1 Å². The molecule has 0 atom stereocenters. The number of benzene rings is 1. The van der Waals surface area contributed by atoms with Crippen molar-refractivity contribution in [2.75, 3.05) is 13.1 Å². The topological polar surface area (TPSA) is 16.1 Å². The third-order valence-electron chi connectivity index (χ3n) is 3.58. The monoisotopic (exact) mass is 256 g/mol. The molecule has 19 heavy (non-hydrogen) atoms. The molecule has 0 N–H and O–H groups in total. The molecule has 3 heteroatoms. The van der Waals surface area contributed by atoms with Gasteiger partial charge in [0.2, 0.25) is 0 Å². The molecule has 0 bridgehead atoms. The minimum Gasteiger partial charge on any atom is -0.299 e. The van der Waals surface area contributed by atoms with Crippen LogP contribution in [-0.2, 0) is 6.54 Å². The van der Waals surface area contributed by atoms with Gasteiger partial charge in [-0.25, -0.2) is 4.39 Å². The first-order chi connectivity index (χ1) is 9.31. The van der Waals surface area contributed by atoms with Crippen molar-refractivity contribution in [2.24, 2.45) is 0 Å². The summed E-state index contributed by atoms with van der Waals surface area (Å²) in [5.41, 5.74) is 3.29. The zero-order valence-electron chi connectivity index (χ0n) is 10.8. The first kappa shape index (κ1) is 12.3. The van der Waals surface area contributed by atoms with E-state index in [0.29, 0.717) is 0 Å². The van der Waals surface area contributed by atoms with Gasteiger partial charge in [-0.05, 0) is 55.3 Å². The van der Waals surface area contributed by atoms with E-state index >= 15 is 0 Å². The van der Waals surface area contributed by atoms with Crippen LogP contribution < -0.4 is 0 Å². The fourth-order valence-electron chi connectivity index (χ4n) is 2.57. The Morgan fingerprint density at radius 3 is 2.47 bits per heavy atom. The number of likely N-dealkylation sites (tertiary alicyclic amines) is 1. The van der Waals surface area contributed by atoms with Crippen LogP contribution in [0.5, 0.6) is 0 Å². The maximum Gasteiger partial charge on any atom is 0.123 e. The second-order valence-corrected chi connectivity index (χ2v) is 5.07. The first-order valence-corrected chi connectivity index (χ1v) is 6.73. The van der Waals surface area contributed by atoms with Crippen molar-refractivity contribution in [3.63, 3.8) is 0 Å². The summed E-state index contributed by atoms with van der Waals surface area (Å²) in [6, 6.07) is 8.72. The third-order valence-corrected chi connectivity index (χ3v) is 3.58. The Balaban J connectivity index is 1.80. The second-order valence-electron chi connectivity index (χ2n) is 5.07. The number of hydrogen-bond acceptors (Lipinski definition) is 2. The number of rotatable bonds is 3. The molecule has 0 aliphatic carbocycles. The lowest BCUT2D eigenvalue weighted by atomic mass is 10.1. The molecule has 1 fully saturated rings. The van der Waals surface area contributed by atoms with Gasteiger partial charge in [0.25, 0.3) is 0 Å². The van der Waals surface area contributed by atoms with Crippen LogP contribution in [0, 0.1) is 5.82 Å².